The molecule has 0 fully saturated rings. The molecule has 5 aromatic rings. The van der Waals surface area contributed by atoms with Crippen molar-refractivity contribution in [3.8, 4) is 0 Å². The van der Waals surface area contributed by atoms with Crippen molar-refractivity contribution in [3.63, 3.8) is 0 Å². The molecule has 0 atom stereocenters. The van der Waals surface area contributed by atoms with Crippen LogP contribution in [-0.2, 0) is 6.17 Å². The summed E-state index contributed by atoms with van der Waals surface area (Å²) < 4.78 is 2.35. The Hall–Kier alpha value is -3.89. The molecule has 0 spiro atoms. The molecule has 1 aromatic heterocycles. The number of nitrogens with zero attached hydrogens (tertiary/aromatic N) is 2. The van der Waals surface area contributed by atoms with Crippen molar-refractivity contribution in [1.29, 1.82) is 0 Å². The van der Waals surface area contributed by atoms with Crippen LogP contribution in [0.25, 0.3) is 0 Å². The number of imidazole rings is 1. The Labute approximate surface area is 236 Å². The number of rotatable bonds is 12. The quantitative estimate of drug-likeness (QED) is 0.101. The first-order chi connectivity index (χ1) is 19.3. The fraction of sp³-hybridized carbons (Fsp3) is 0.171. The van der Waals surface area contributed by atoms with Crippen LogP contribution in [0.2, 0.25) is 6.04 Å². The third kappa shape index (κ3) is 7.36. The molecule has 0 bridgehead atoms. The Kier molecular flexibility index (Phi) is 9.43. The zero-order chi connectivity index (χ0) is 26.7. The van der Waals surface area contributed by atoms with Crippen molar-refractivity contribution in [2.45, 2.75) is 37.3 Å². The monoisotopic (exact) mass is 523 g/mol. The highest BCUT2D eigenvalue weighted by molar-refractivity contribution is 6.54. The van der Waals surface area contributed by atoms with Gasteiger partial charge in [-0.2, -0.15) is 0 Å². The number of allylic oxidation sites excluding steroid dienone is 2. The fourth-order valence-corrected chi connectivity index (χ4v) is 6.94. The van der Waals surface area contributed by atoms with Crippen LogP contribution < -0.4 is 5.72 Å². The van der Waals surface area contributed by atoms with Crippen molar-refractivity contribution in [2.24, 2.45) is 0 Å². The molecule has 5 rings (SSSR count). The van der Waals surface area contributed by atoms with Gasteiger partial charge in [-0.25, -0.2) is 0 Å². The van der Waals surface area contributed by atoms with Crippen LogP contribution in [0.4, 0.5) is 0 Å². The van der Waals surface area contributed by atoms with Gasteiger partial charge in [-0.05, 0) is 47.5 Å². The summed E-state index contributed by atoms with van der Waals surface area (Å²) in [5.74, 6) is 0.582. The van der Waals surface area contributed by atoms with Crippen LogP contribution >= 0.6 is 0 Å². The summed E-state index contributed by atoms with van der Waals surface area (Å²) in [5, 5.41) is 0. The third-order valence-corrected chi connectivity index (χ3v) is 8.90. The van der Waals surface area contributed by atoms with Crippen LogP contribution in [0.3, 0.4) is 0 Å². The Morgan fingerprint density at radius 3 is 1.74 bits per heavy atom. The molecule has 0 unspecified atom stereocenters. The summed E-state index contributed by atoms with van der Waals surface area (Å²) in [6.07, 6.45) is 8.72. The lowest BCUT2D eigenvalue weighted by Gasteiger charge is -2.19. The molecule has 4 heteroatoms. The SMILES string of the molecule is CC(=CC[SiH2]Cn1ccnc1[B]C(c1ccccc1)c1ccccc1)CC(c1ccccc1)c1ccccc1. The first kappa shape index (κ1) is 26.7. The van der Waals surface area contributed by atoms with E-state index in [0.29, 0.717) is 5.92 Å². The molecule has 1 radical (unpaired) electrons. The van der Waals surface area contributed by atoms with E-state index in [2.05, 4.69) is 152 Å². The van der Waals surface area contributed by atoms with E-state index in [1.165, 1.54) is 33.9 Å². The largest absolute Gasteiger partial charge is 0.347 e. The predicted molar refractivity (Wildman–Crippen MR) is 169 cm³/mol. The van der Waals surface area contributed by atoms with E-state index in [1.807, 2.05) is 6.20 Å². The van der Waals surface area contributed by atoms with Crippen LogP contribution in [0.5, 0.6) is 0 Å². The molecule has 0 aliphatic heterocycles. The first-order valence-electron chi connectivity index (χ1n) is 14.0. The minimum atomic E-state index is -0.314. The van der Waals surface area contributed by atoms with Gasteiger partial charge in [0.15, 0.2) is 0 Å². The number of benzene rings is 4. The van der Waals surface area contributed by atoms with Gasteiger partial charge >= 0.3 is 0 Å². The van der Waals surface area contributed by atoms with E-state index in [4.69, 9.17) is 4.98 Å². The van der Waals surface area contributed by atoms with Gasteiger partial charge in [-0.15, -0.1) is 0 Å². The zero-order valence-corrected chi connectivity index (χ0v) is 24.1. The first-order valence-corrected chi connectivity index (χ1v) is 16.0. The van der Waals surface area contributed by atoms with Crippen molar-refractivity contribution in [1.82, 2.24) is 9.55 Å². The van der Waals surface area contributed by atoms with Crippen LogP contribution in [0.15, 0.2) is 145 Å². The Bertz CT molecular complexity index is 1350. The van der Waals surface area contributed by atoms with Gasteiger partial charge in [0.05, 0.1) is 5.72 Å². The average Bonchev–Trinajstić information content (AvgIpc) is 3.45. The van der Waals surface area contributed by atoms with Crippen molar-refractivity contribution in [3.05, 3.63) is 168 Å². The molecule has 0 saturated carbocycles. The minimum absolute atomic E-state index is 0.185. The van der Waals surface area contributed by atoms with Gasteiger partial charge in [-0.1, -0.05) is 133 Å². The summed E-state index contributed by atoms with van der Waals surface area (Å²) in [6.45, 7) is 2.30. The molecule has 39 heavy (non-hydrogen) atoms. The van der Waals surface area contributed by atoms with E-state index in [0.717, 1.165) is 18.3 Å². The van der Waals surface area contributed by atoms with Gasteiger partial charge < -0.3 is 4.57 Å². The van der Waals surface area contributed by atoms with Gasteiger partial charge in [0, 0.05) is 34.0 Å². The second-order valence-electron chi connectivity index (χ2n) is 10.2. The fourth-order valence-electron chi connectivity index (χ4n) is 5.34. The molecular weight excluding hydrogens is 487 g/mol. The lowest BCUT2D eigenvalue weighted by atomic mass is 9.58. The summed E-state index contributed by atoms with van der Waals surface area (Å²) in [4.78, 5) is 4.74. The Balaban J connectivity index is 1.22. The van der Waals surface area contributed by atoms with Gasteiger partial charge in [-0.3, -0.25) is 4.98 Å². The lowest BCUT2D eigenvalue weighted by Crippen LogP contribution is -2.32. The maximum atomic E-state index is 4.74. The summed E-state index contributed by atoms with van der Waals surface area (Å²) in [7, 11) is 2.01. The maximum Gasteiger partial charge on any atom is 0.215 e. The highest BCUT2D eigenvalue weighted by Crippen LogP contribution is 2.31. The van der Waals surface area contributed by atoms with Gasteiger partial charge in [0.25, 0.3) is 0 Å². The highest BCUT2D eigenvalue weighted by atomic mass is 28.2. The van der Waals surface area contributed by atoms with Gasteiger partial charge in [0.2, 0.25) is 7.28 Å². The number of hydrogen-bond donors (Lipinski definition) is 0. The third-order valence-electron chi connectivity index (χ3n) is 7.41. The van der Waals surface area contributed by atoms with Crippen molar-refractivity contribution in [2.75, 3.05) is 0 Å². The van der Waals surface area contributed by atoms with E-state index < -0.39 is 0 Å². The highest BCUT2D eigenvalue weighted by Gasteiger charge is 2.19. The molecular formula is C35H36BN2Si. The standard InChI is InChI=1S/C35H36BN2Si/c1-28(26-33(29-14-6-2-7-15-29)30-16-8-3-9-17-30)22-25-39-27-38-24-23-37-35(38)36-34(31-18-10-4-11-19-31)32-20-12-5-13-21-32/h2-24,33-34H,25-27,39H2,1H3. The molecule has 0 saturated heterocycles. The molecule has 1 heterocycles. The number of hydrogen-bond acceptors (Lipinski definition) is 1. The topological polar surface area (TPSA) is 17.8 Å². The summed E-state index contributed by atoms with van der Waals surface area (Å²) in [5.41, 5.74) is 7.90. The van der Waals surface area contributed by atoms with Crippen molar-refractivity contribution >= 4 is 22.5 Å². The molecule has 0 aliphatic carbocycles. The normalized spacial score (nSPS) is 12.0. The smallest absolute Gasteiger partial charge is 0.215 e. The number of aromatic nitrogens is 2. The second kappa shape index (κ2) is 13.8. The van der Waals surface area contributed by atoms with Crippen LogP contribution in [-0.4, -0.2) is 26.4 Å². The van der Waals surface area contributed by atoms with E-state index in [9.17, 15) is 0 Å². The van der Waals surface area contributed by atoms with Crippen LogP contribution in [0.1, 0.15) is 47.3 Å². The molecule has 0 N–H and O–H groups in total. The lowest BCUT2D eigenvalue weighted by molar-refractivity contribution is 0.794. The maximum absolute atomic E-state index is 4.74. The van der Waals surface area contributed by atoms with Crippen molar-refractivity contribution < 1.29 is 0 Å². The Morgan fingerprint density at radius 2 is 1.23 bits per heavy atom. The molecule has 2 nitrogen and oxygen atoms in total. The second-order valence-corrected chi connectivity index (χ2v) is 11.9. The van der Waals surface area contributed by atoms with E-state index in [1.54, 1.807) is 0 Å². The Morgan fingerprint density at radius 1 is 0.744 bits per heavy atom. The van der Waals surface area contributed by atoms with E-state index >= 15 is 0 Å². The van der Waals surface area contributed by atoms with Gasteiger partial charge in [0.1, 0.15) is 0 Å². The molecule has 0 amide bonds. The molecule has 0 aliphatic rings. The zero-order valence-electron chi connectivity index (χ0n) is 22.7. The summed E-state index contributed by atoms with van der Waals surface area (Å²) in [6, 6.07) is 44.5. The average molecular weight is 524 g/mol. The summed E-state index contributed by atoms with van der Waals surface area (Å²) >= 11 is 0. The minimum Gasteiger partial charge on any atom is -0.347 e. The molecule has 4 aromatic carbocycles. The van der Waals surface area contributed by atoms with E-state index in [-0.39, 0.29) is 15.3 Å². The predicted octanol–water partition coefficient (Wildman–Crippen LogP) is 6.72. The molecule has 193 valence electrons. The van der Waals surface area contributed by atoms with Crippen LogP contribution in [0, 0.1) is 0 Å².